The summed E-state index contributed by atoms with van der Waals surface area (Å²) in [5.41, 5.74) is 9.71. The molecule has 232 valence electrons. The van der Waals surface area contributed by atoms with Gasteiger partial charge in [0.2, 0.25) is 0 Å². The molecule has 1 unspecified atom stereocenters. The van der Waals surface area contributed by atoms with Crippen LogP contribution in [0.15, 0.2) is 72.8 Å². The molecular weight excluding hydrogens is 564 g/mol. The van der Waals surface area contributed by atoms with E-state index in [-0.39, 0.29) is 30.8 Å². The number of carbonyl (C=O) groups excluding carboxylic acids is 3. The van der Waals surface area contributed by atoms with Gasteiger partial charge in [0.25, 0.3) is 11.8 Å². The number of benzene rings is 3. The molecule has 5 rings (SSSR count). The van der Waals surface area contributed by atoms with Crippen molar-refractivity contribution >= 4 is 35.0 Å². The van der Waals surface area contributed by atoms with Gasteiger partial charge in [-0.15, -0.1) is 0 Å². The lowest BCUT2D eigenvalue weighted by Gasteiger charge is -2.31. The number of nitrogens with one attached hydrogen (secondary N) is 4. The molecule has 2 aliphatic rings. The van der Waals surface area contributed by atoms with Crippen molar-refractivity contribution in [3.05, 3.63) is 89.5 Å². The lowest BCUT2D eigenvalue weighted by Crippen LogP contribution is -2.41. The first-order valence-corrected chi connectivity index (χ1v) is 14.7. The van der Waals surface area contributed by atoms with Crippen molar-refractivity contribution in [2.45, 2.75) is 25.1 Å². The average Bonchev–Trinajstić information content (AvgIpc) is 3.48. The second-order valence-corrected chi connectivity index (χ2v) is 10.5. The summed E-state index contributed by atoms with van der Waals surface area (Å²) in [4.78, 5) is 40.1. The Bertz CT molecular complexity index is 1430. The number of ether oxygens (including phenoxy) is 3. The maximum atomic E-state index is 13.3. The van der Waals surface area contributed by atoms with E-state index in [0.717, 1.165) is 16.9 Å². The van der Waals surface area contributed by atoms with Crippen LogP contribution in [0.25, 0.3) is 0 Å². The van der Waals surface area contributed by atoms with Gasteiger partial charge in [0, 0.05) is 49.3 Å². The Morgan fingerprint density at radius 2 is 1.61 bits per heavy atom. The van der Waals surface area contributed by atoms with Crippen molar-refractivity contribution in [2.24, 2.45) is 5.73 Å². The Balaban J connectivity index is 1.04. The van der Waals surface area contributed by atoms with Gasteiger partial charge >= 0.3 is 6.09 Å². The zero-order valence-electron chi connectivity index (χ0n) is 24.4. The van der Waals surface area contributed by atoms with Gasteiger partial charge < -0.3 is 40.8 Å². The molecule has 0 saturated carbocycles. The zero-order chi connectivity index (χ0) is 30.7. The Labute approximate surface area is 256 Å². The number of carbonyl (C=O) groups is 3. The quantitative estimate of drug-likeness (QED) is 0.154. The molecule has 3 aromatic rings. The second-order valence-electron chi connectivity index (χ2n) is 10.5. The van der Waals surface area contributed by atoms with Gasteiger partial charge in [0.15, 0.2) is 0 Å². The highest BCUT2D eigenvalue weighted by molar-refractivity contribution is 5.97. The molecule has 1 saturated heterocycles. The molecule has 0 aliphatic carbocycles. The molecule has 2 aliphatic heterocycles. The summed E-state index contributed by atoms with van der Waals surface area (Å²) in [6.45, 7) is 2.61. The summed E-state index contributed by atoms with van der Waals surface area (Å²) in [6.07, 6.45) is 0.0686. The summed E-state index contributed by atoms with van der Waals surface area (Å²) in [5.74, 6) is -0.394. The SMILES string of the molecule is NCCOCCOCNC(=O)c1cccc(NC(=O)OC2CCN(C(=O)c3ccc4c(c3)NC(c3ccccc3)N4)CC2)c1. The highest BCUT2D eigenvalue weighted by Gasteiger charge is 2.28. The molecule has 3 aromatic carbocycles. The summed E-state index contributed by atoms with van der Waals surface area (Å²) in [5, 5.41) is 12.2. The fourth-order valence-electron chi connectivity index (χ4n) is 5.07. The number of anilines is 3. The molecule has 3 amide bonds. The van der Waals surface area contributed by atoms with Gasteiger partial charge in [0.1, 0.15) is 19.0 Å². The number of rotatable bonds is 12. The van der Waals surface area contributed by atoms with E-state index in [1.807, 2.05) is 48.5 Å². The Kier molecular flexibility index (Phi) is 10.6. The largest absolute Gasteiger partial charge is 0.446 e. The maximum Gasteiger partial charge on any atom is 0.411 e. The highest BCUT2D eigenvalue weighted by atomic mass is 16.6. The number of amides is 3. The lowest BCUT2D eigenvalue weighted by atomic mass is 10.1. The molecule has 12 nitrogen and oxygen atoms in total. The monoisotopic (exact) mass is 602 g/mol. The molecular formula is C32H38N6O6. The molecule has 2 heterocycles. The summed E-state index contributed by atoms with van der Waals surface area (Å²) in [7, 11) is 0. The Morgan fingerprint density at radius 3 is 2.41 bits per heavy atom. The third kappa shape index (κ3) is 8.25. The van der Waals surface area contributed by atoms with Gasteiger partial charge in [-0.05, 0) is 42.0 Å². The fraction of sp³-hybridized carbons (Fsp3) is 0.344. The van der Waals surface area contributed by atoms with Crippen molar-refractivity contribution in [3.63, 3.8) is 0 Å². The van der Waals surface area contributed by atoms with E-state index in [0.29, 0.717) is 69.1 Å². The van der Waals surface area contributed by atoms with Crippen molar-refractivity contribution in [1.82, 2.24) is 10.2 Å². The number of piperidine rings is 1. The summed E-state index contributed by atoms with van der Waals surface area (Å²) < 4.78 is 16.1. The molecule has 0 aromatic heterocycles. The predicted octanol–water partition coefficient (Wildman–Crippen LogP) is 3.76. The fourth-order valence-corrected chi connectivity index (χ4v) is 5.07. The van der Waals surface area contributed by atoms with Crippen LogP contribution in [-0.2, 0) is 14.2 Å². The van der Waals surface area contributed by atoms with Crippen LogP contribution in [0.2, 0.25) is 0 Å². The first-order valence-electron chi connectivity index (χ1n) is 14.7. The van der Waals surface area contributed by atoms with Crippen LogP contribution in [0.5, 0.6) is 0 Å². The third-order valence-corrected chi connectivity index (χ3v) is 7.34. The number of nitrogens with two attached hydrogens (primary N) is 1. The van der Waals surface area contributed by atoms with Gasteiger partial charge in [-0.2, -0.15) is 0 Å². The van der Waals surface area contributed by atoms with Crippen LogP contribution < -0.4 is 27.0 Å². The van der Waals surface area contributed by atoms with Gasteiger partial charge in [0.05, 0.1) is 31.2 Å². The number of hydrogen-bond acceptors (Lipinski definition) is 9. The van der Waals surface area contributed by atoms with E-state index >= 15 is 0 Å². The van der Waals surface area contributed by atoms with Crippen molar-refractivity contribution in [3.8, 4) is 0 Å². The number of fused-ring (bicyclic) bond motifs is 1. The van der Waals surface area contributed by atoms with E-state index in [9.17, 15) is 14.4 Å². The number of hydrogen-bond donors (Lipinski definition) is 5. The van der Waals surface area contributed by atoms with Gasteiger partial charge in [-0.1, -0.05) is 36.4 Å². The Morgan fingerprint density at radius 1 is 0.841 bits per heavy atom. The van der Waals surface area contributed by atoms with E-state index in [4.69, 9.17) is 19.9 Å². The minimum Gasteiger partial charge on any atom is -0.446 e. The van der Waals surface area contributed by atoms with Crippen molar-refractivity contribution < 1.29 is 28.6 Å². The van der Waals surface area contributed by atoms with Crippen LogP contribution in [0.4, 0.5) is 21.9 Å². The van der Waals surface area contributed by atoms with Crippen LogP contribution in [0.3, 0.4) is 0 Å². The summed E-state index contributed by atoms with van der Waals surface area (Å²) >= 11 is 0. The molecule has 0 radical (unpaired) electrons. The molecule has 12 heteroatoms. The standard InChI is InChI=1S/C32H38N6O6/c33-13-16-42-17-18-43-21-34-30(39)23-7-4-8-25(19-23)35-32(41)44-26-11-14-38(15-12-26)31(40)24-9-10-27-28(20-24)37-29(36-27)22-5-2-1-3-6-22/h1-10,19-20,26,29,36-37H,11-18,21,33H2,(H,34,39)(H,35,41). The van der Waals surface area contributed by atoms with Crippen LogP contribution in [0, 0.1) is 0 Å². The van der Waals surface area contributed by atoms with Gasteiger partial charge in [-0.25, -0.2) is 4.79 Å². The van der Waals surface area contributed by atoms with Crippen LogP contribution >= 0.6 is 0 Å². The van der Waals surface area contributed by atoms with Crippen LogP contribution in [-0.4, -0.2) is 75.1 Å². The molecule has 0 bridgehead atoms. The highest BCUT2D eigenvalue weighted by Crippen LogP contribution is 2.36. The molecule has 44 heavy (non-hydrogen) atoms. The molecule has 1 atom stereocenters. The molecule has 6 N–H and O–H groups in total. The number of likely N-dealkylation sites (tertiary alicyclic amines) is 1. The molecule has 1 fully saturated rings. The maximum absolute atomic E-state index is 13.3. The predicted molar refractivity (Wildman–Crippen MR) is 167 cm³/mol. The van der Waals surface area contributed by atoms with Crippen molar-refractivity contribution in [1.29, 1.82) is 0 Å². The van der Waals surface area contributed by atoms with E-state index in [1.165, 1.54) is 0 Å². The Hall–Kier alpha value is -4.65. The minimum atomic E-state index is -0.613. The zero-order valence-corrected chi connectivity index (χ0v) is 24.4. The van der Waals surface area contributed by atoms with E-state index in [2.05, 4.69) is 21.3 Å². The minimum absolute atomic E-state index is 0.0288. The number of nitrogens with zero attached hydrogens (tertiary/aromatic N) is 1. The topological polar surface area (TPSA) is 156 Å². The van der Waals surface area contributed by atoms with Gasteiger partial charge in [-0.3, -0.25) is 14.9 Å². The first kappa shape index (κ1) is 30.8. The second kappa shape index (κ2) is 15.2. The lowest BCUT2D eigenvalue weighted by molar-refractivity contribution is 0.0409. The molecule has 0 spiro atoms. The first-order chi connectivity index (χ1) is 21.5. The van der Waals surface area contributed by atoms with Crippen molar-refractivity contribution in [2.75, 3.05) is 62.1 Å². The van der Waals surface area contributed by atoms with E-state index in [1.54, 1.807) is 29.2 Å². The third-order valence-electron chi connectivity index (χ3n) is 7.34. The normalized spacial score (nSPS) is 15.9. The smallest absolute Gasteiger partial charge is 0.411 e. The van der Waals surface area contributed by atoms with E-state index < -0.39 is 6.09 Å². The summed E-state index contributed by atoms with van der Waals surface area (Å²) in [6, 6.07) is 22.2. The van der Waals surface area contributed by atoms with Crippen LogP contribution in [0.1, 0.15) is 45.3 Å². The average molecular weight is 603 g/mol.